The molecule has 1 aromatic heterocycles. The molecule has 140 valence electrons. The van der Waals surface area contributed by atoms with Crippen LogP contribution in [0.25, 0.3) is 0 Å². The van der Waals surface area contributed by atoms with Crippen molar-refractivity contribution in [2.75, 3.05) is 18.9 Å². The number of hydrogen-bond acceptors (Lipinski definition) is 3. The lowest BCUT2D eigenvalue weighted by Gasteiger charge is -2.17. The van der Waals surface area contributed by atoms with Gasteiger partial charge >= 0.3 is 0 Å². The third kappa shape index (κ3) is 5.95. The highest BCUT2D eigenvalue weighted by Crippen LogP contribution is 2.12. The number of benzene rings is 1. The molecule has 6 nitrogen and oxygen atoms in total. The molecule has 0 atom stereocenters. The van der Waals surface area contributed by atoms with Crippen molar-refractivity contribution < 1.29 is 9.21 Å². The molecular formula is C20H28N4O2. The molecule has 0 aliphatic carbocycles. The quantitative estimate of drug-likeness (QED) is 0.498. The molecule has 0 saturated heterocycles. The van der Waals surface area contributed by atoms with Gasteiger partial charge in [0.25, 0.3) is 5.91 Å². The predicted octanol–water partition coefficient (Wildman–Crippen LogP) is 3.63. The number of hydrogen-bond donors (Lipinski definition) is 3. The van der Waals surface area contributed by atoms with Crippen LogP contribution in [0.1, 0.15) is 42.8 Å². The average Bonchev–Trinajstić information content (AvgIpc) is 3.20. The molecular weight excluding hydrogens is 328 g/mol. The first-order chi connectivity index (χ1) is 12.7. The van der Waals surface area contributed by atoms with Crippen LogP contribution in [0.15, 0.2) is 52.1 Å². The van der Waals surface area contributed by atoms with Gasteiger partial charge in [0.15, 0.2) is 11.7 Å². The monoisotopic (exact) mass is 356 g/mol. The molecule has 1 amide bonds. The van der Waals surface area contributed by atoms with Crippen LogP contribution >= 0.6 is 0 Å². The topological polar surface area (TPSA) is 78.7 Å². The Hall–Kier alpha value is -2.76. The molecule has 1 heterocycles. The second-order valence-corrected chi connectivity index (χ2v) is 6.12. The van der Waals surface area contributed by atoms with Gasteiger partial charge in [0.2, 0.25) is 0 Å². The van der Waals surface area contributed by atoms with E-state index in [1.165, 1.54) is 6.26 Å². The molecule has 0 unspecified atom stereocenters. The number of guanidine groups is 1. The van der Waals surface area contributed by atoms with Crippen molar-refractivity contribution in [2.45, 2.75) is 33.2 Å². The minimum absolute atomic E-state index is 0.261. The van der Waals surface area contributed by atoms with E-state index < -0.39 is 0 Å². The van der Waals surface area contributed by atoms with Crippen LogP contribution in [0.3, 0.4) is 0 Å². The highest BCUT2D eigenvalue weighted by Gasteiger charge is 2.09. The highest BCUT2D eigenvalue weighted by molar-refractivity contribution is 6.02. The molecule has 0 saturated carbocycles. The zero-order valence-electron chi connectivity index (χ0n) is 15.7. The number of aliphatic imine (C=N–C) groups is 1. The van der Waals surface area contributed by atoms with E-state index in [1.807, 2.05) is 24.3 Å². The summed E-state index contributed by atoms with van der Waals surface area (Å²) in [5.74, 6) is 1.46. The van der Waals surface area contributed by atoms with Crippen molar-refractivity contribution in [1.29, 1.82) is 0 Å². The fourth-order valence-corrected chi connectivity index (χ4v) is 2.58. The van der Waals surface area contributed by atoms with E-state index in [1.54, 1.807) is 19.2 Å². The van der Waals surface area contributed by atoms with Crippen molar-refractivity contribution in [3.63, 3.8) is 0 Å². The van der Waals surface area contributed by atoms with Gasteiger partial charge in [-0.05, 0) is 35.7 Å². The van der Waals surface area contributed by atoms with Gasteiger partial charge in [0, 0.05) is 25.8 Å². The Balaban J connectivity index is 1.88. The molecule has 0 aliphatic rings. The molecule has 0 bridgehead atoms. The number of carbonyl (C=O) groups is 1. The van der Waals surface area contributed by atoms with Gasteiger partial charge in [0.05, 0.1) is 6.26 Å². The van der Waals surface area contributed by atoms with Crippen LogP contribution in [-0.2, 0) is 6.54 Å². The van der Waals surface area contributed by atoms with Crippen LogP contribution in [0.5, 0.6) is 0 Å². The summed E-state index contributed by atoms with van der Waals surface area (Å²) in [5.41, 5.74) is 1.78. The van der Waals surface area contributed by atoms with Crippen LogP contribution in [0, 0.1) is 5.92 Å². The zero-order valence-corrected chi connectivity index (χ0v) is 15.7. The van der Waals surface area contributed by atoms with Gasteiger partial charge in [-0.1, -0.05) is 38.8 Å². The second kappa shape index (κ2) is 10.3. The van der Waals surface area contributed by atoms with Crippen molar-refractivity contribution in [3.05, 3.63) is 54.0 Å². The summed E-state index contributed by atoms with van der Waals surface area (Å²) in [4.78, 5) is 16.3. The normalized spacial score (nSPS) is 11.5. The fraction of sp³-hybridized carbons (Fsp3) is 0.400. The minimum atomic E-state index is -0.261. The average molecular weight is 356 g/mol. The van der Waals surface area contributed by atoms with E-state index in [0.29, 0.717) is 18.2 Å². The van der Waals surface area contributed by atoms with Crippen molar-refractivity contribution in [1.82, 2.24) is 10.6 Å². The third-order valence-corrected chi connectivity index (χ3v) is 4.33. The van der Waals surface area contributed by atoms with E-state index in [2.05, 4.69) is 34.8 Å². The molecule has 2 aromatic rings. The van der Waals surface area contributed by atoms with Crippen molar-refractivity contribution in [3.8, 4) is 0 Å². The zero-order chi connectivity index (χ0) is 18.8. The molecule has 0 radical (unpaired) electrons. The van der Waals surface area contributed by atoms with Crippen molar-refractivity contribution >= 4 is 17.6 Å². The van der Waals surface area contributed by atoms with E-state index >= 15 is 0 Å². The van der Waals surface area contributed by atoms with E-state index in [-0.39, 0.29) is 5.91 Å². The summed E-state index contributed by atoms with van der Waals surface area (Å²) in [6.45, 7) is 5.93. The molecule has 1 aromatic carbocycles. The van der Waals surface area contributed by atoms with Gasteiger partial charge in [-0.3, -0.25) is 9.79 Å². The van der Waals surface area contributed by atoms with Crippen LogP contribution in [0.4, 0.5) is 5.69 Å². The summed E-state index contributed by atoms with van der Waals surface area (Å²) in [6, 6.07) is 11.0. The Morgan fingerprint density at radius 3 is 2.62 bits per heavy atom. The largest absolute Gasteiger partial charge is 0.459 e. The summed E-state index contributed by atoms with van der Waals surface area (Å²) in [5, 5.41) is 9.50. The Labute approximate surface area is 155 Å². The number of nitrogens with one attached hydrogen (secondary N) is 3. The maximum Gasteiger partial charge on any atom is 0.291 e. The van der Waals surface area contributed by atoms with E-state index in [0.717, 1.165) is 36.6 Å². The molecule has 6 heteroatoms. The molecule has 0 aliphatic heterocycles. The lowest BCUT2D eigenvalue weighted by molar-refractivity contribution is 0.0996. The maximum atomic E-state index is 12.1. The fourth-order valence-electron chi connectivity index (χ4n) is 2.58. The standard InChI is InChI=1S/C20H28N4O2/c1-4-15(5-2)13-22-20(21-3)23-14-16-8-6-9-17(12-16)24-19(25)18-10-7-11-26-18/h6-12,15H,4-5,13-14H2,1-3H3,(H,24,25)(H2,21,22,23). The summed E-state index contributed by atoms with van der Waals surface area (Å²) in [7, 11) is 1.77. The van der Waals surface area contributed by atoms with Crippen LogP contribution in [0.2, 0.25) is 0 Å². The Morgan fingerprint density at radius 2 is 1.96 bits per heavy atom. The number of carbonyl (C=O) groups excluding carboxylic acids is 1. The molecule has 2 rings (SSSR count). The number of furan rings is 1. The SMILES string of the molecule is CCC(CC)CNC(=NC)NCc1cccc(NC(=O)c2ccco2)c1. The van der Waals surface area contributed by atoms with Gasteiger partial charge in [0.1, 0.15) is 0 Å². The maximum absolute atomic E-state index is 12.1. The number of anilines is 1. The Morgan fingerprint density at radius 1 is 1.15 bits per heavy atom. The smallest absolute Gasteiger partial charge is 0.291 e. The number of rotatable bonds is 8. The van der Waals surface area contributed by atoms with Gasteiger partial charge < -0.3 is 20.4 Å². The molecule has 0 spiro atoms. The summed E-state index contributed by atoms with van der Waals surface area (Å²) >= 11 is 0. The Bertz CT molecular complexity index is 706. The van der Waals surface area contributed by atoms with Gasteiger partial charge in [-0.25, -0.2) is 0 Å². The van der Waals surface area contributed by atoms with Gasteiger partial charge in [-0.15, -0.1) is 0 Å². The van der Waals surface area contributed by atoms with Crippen LogP contribution < -0.4 is 16.0 Å². The summed E-state index contributed by atoms with van der Waals surface area (Å²) < 4.78 is 5.11. The molecule has 3 N–H and O–H groups in total. The summed E-state index contributed by atoms with van der Waals surface area (Å²) in [6.07, 6.45) is 3.78. The first-order valence-corrected chi connectivity index (χ1v) is 9.04. The second-order valence-electron chi connectivity index (χ2n) is 6.12. The van der Waals surface area contributed by atoms with Crippen molar-refractivity contribution in [2.24, 2.45) is 10.9 Å². The molecule has 0 fully saturated rings. The first kappa shape index (κ1) is 19.6. The Kier molecular flexibility index (Phi) is 7.74. The molecule has 26 heavy (non-hydrogen) atoms. The number of amides is 1. The van der Waals surface area contributed by atoms with E-state index in [9.17, 15) is 4.79 Å². The van der Waals surface area contributed by atoms with Crippen LogP contribution in [-0.4, -0.2) is 25.5 Å². The number of nitrogens with zero attached hydrogens (tertiary/aromatic N) is 1. The van der Waals surface area contributed by atoms with Gasteiger partial charge in [-0.2, -0.15) is 0 Å². The lowest BCUT2D eigenvalue weighted by atomic mass is 10.0. The highest BCUT2D eigenvalue weighted by atomic mass is 16.3. The van der Waals surface area contributed by atoms with E-state index in [4.69, 9.17) is 4.42 Å². The lowest BCUT2D eigenvalue weighted by Crippen LogP contribution is -2.39. The first-order valence-electron chi connectivity index (χ1n) is 9.04. The minimum Gasteiger partial charge on any atom is -0.459 e. The predicted molar refractivity (Wildman–Crippen MR) is 105 cm³/mol. The third-order valence-electron chi connectivity index (χ3n) is 4.33.